The number of nitrogens with zero attached hydrogens (tertiary/aromatic N) is 2. The third-order valence-electron chi connectivity index (χ3n) is 5.67. The second-order valence-corrected chi connectivity index (χ2v) is 7.69. The molecular formula is C23H25N5O2. The SMILES string of the molecule is NC(=O)Nc1nn(-c2ccc(-c3ccc(C4CCCCC4)cc3)cc2)cc1C(N)=O. The topological polar surface area (TPSA) is 116 Å². The molecule has 1 fully saturated rings. The number of urea groups is 1. The summed E-state index contributed by atoms with van der Waals surface area (Å²) in [5.41, 5.74) is 15.0. The van der Waals surface area contributed by atoms with Crippen LogP contribution in [0.1, 0.15) is 53.9 Å². The first-order valence-corrected chi connectivity index (χ1v) is 10.2. The van der Waals surface area contributed by atoms with Crippen molar-refractivity contribution >= 4 is 17.8 Å². The molecule has 7 nitrogen and oxygen atoms in total. The van der Waals surface area contributed by atoms with E-state index in [1.807, 2.05) is 24.3 Å². The van der Waals surface area contributed by atoms with Crippen LogP contribution in [0.15, 0.2) is 54.7 Å². The Morgan fingerprint density at radius 3 is 2.07 bits per heavy atom. The smallest absolute Gasteiger partial charge is 0.317 e. The first kappa shape index (κ1) is 19.7. The molecule has 0 saturated heterocycles. The van der Waals surface area contributed by atoms with E-state index in [2.05, 4.69) is 34.7 Å². The van der Waals surface area contributed by atoms with Crippen molar-refractivity contribution in [2.24, 2.45) is 11.5 Å². The van der Waals surface area contributed by atoms with Crippen LogP contribution in [-0.2, 0) is 0 Å². The van der Waals surface area contributed by atoms with Crippen molar-refractivity contribution in [3.8, 4) is 16.8 Å². The van der Waals surface area contributed by atoms with Crippen LogP contribution in [0.2, 0.25) is 0 Å². The first-order chi connectivity index (χ1) is 14.5. The number of carbonyl (C=O) groups is 2. The van der Waals surface area contributed by atoms with E-state index in [1.165, 1.54) is 48.5 Å². The van der Waals surface area contributed by atoms with Crippen LogP contribution in [0, 0.1) is 0 Å². The van der Waals surface area contributed by atoms with E-state index in [9.17, 15) is 9.59 Å². The summed E-state index contributed by atoms with van der Waals surface area (Å²) in [7, 11) is 0. The zero-order chi connectivity index (χ0) is 21.1. The lowest BCUT2D eigenvalue weighted by Gasteiger charge is -2.22. The maximum absolute atomic E-state index is 11.6. The van der Waals surface area contributed by atoms with E-state index in [0.717, 1.165) is 16.8 Å². The first-order valence-electron chi connectivity index (χ1n) is 10.2. The van der Waals surface area contributed by atoms with E-state index in [1.54, 1.807) is 0 Å². The normalized spacial score (nSPS) is 14.4. The highest BCUT2D eigenvalue weighted by Gasteiger charge is 2.17. The largest absolute Gasteiger partial charge is 0.365 e. The van der Waals surface area contributed by atoms with Crippen LogP contribution in [0.4, 0.5) is 10.6 Å². The zero-order valence-electron chi connectivity index (χ0n) is 16.7. The number of aromatic nitrogens is 2. The molecule has 1 aliphatic carbocycles. The molecule has 154 valence electrons. The zero-order valence-corrected chi connectivity index (χ0v) is 16.7. The van der Waals surface area contributed by atoms with Crippen molar-refractivity contribution < 1.29 is 9.59 Å². The lowest BCUT2D eigenvalue weighted by atomic mass is 9.84. The number of hydrogen-bond acceptors (Lipinski definition) is 3. The van der Waals surface area contributed by atoms with E-state index in [4.69, 9.17) is 11.5 Å². The molecule has 0 radical (unpaired) electrons. The van der Waals surface area contributed by atoms with E-state index < -0.39 is 11.9 Å². The van der Waals surface area contributed by atoms with Gasteiger partial charge in [-0.1, -0.05) is 55.7 Å². The minimum atomic E-state index is -0.810. The molecular weight excluding hydrogens is 378 g/mol. The number of benzene rings is 2. The van der Waals surface area contributed by atoms with Crippen LogP contribution in [0.3, 0.4) is 0 Å². The number of primary amides is 2. The summed E-state index contributed by atoms with van der Waals surface area (Å²) in [5, 5.41) is 6.53. The molecule has 4 rings (SSSR count). The van der Waals surface area contributed by atoms with Gasteiger partial charge >= 0.3 is 6.03 Å². The summed E-state index contributed by atoms with van der Waals surface area (Å²) in [4.78, 5) is 22.7. The van der Waals surface area contributed by atoms with Gasteiger partial charge in [0.2, 0.25) is 0 Å². The number of amides is 3. The molecule has 5 N–H and O–H groups in total. The molecule has 0 unspecified atom stereocenters. The fourth-order valence-corrected chi connectivity index (χ4v) is 4.09. The number of rotatable bonds is 5. The fraction of sp³-hybridized carbons (Fsp3) is 0.261. The van der Waals surface area contributed by atoms with Crippen molar-refractivity contribution in [2.75, 3.05) is 5.32 Å². The van der Waals surface area contributed by atoms with Crippen LogP contribution in [0.5, 0.6) is 0 Å². The molecule has 0 bridgehead atoms. The van der Waals surface area contributed by atoms with Crippen molar-refractivity contribution in [1.29, 1.82) is 0 Å². The summed E-state index contributed by atoms with van der Waals surface area (Å²) in [6.45, 7) is 0. The molecule has 2 aromatic carbocycles. The van der Waals surface area contributed by atoms with Crippen molar-refractivity contribution in [3.05, 3.63) is 65.9 Å². The van der Waals surface area contributed by atoms with E-state index >= 15 is 0 Å². The van der Waals surface area contributed by atoms with Gasteiger partial charge in [0.1, 0.15) is 5.56 Å². The van der Waals surface area contributed by atoms with Gasteiger partial charge < -0.3 is 11.5 Å². The number of nitrogens with one attached hydrogen (secondary N) is 1. The number of nitrogens with two attached hydrogens (primary N) is 2. The Hall–Kier alpha value is -3.61. The molecule has 0 atom stereocenters. The minimum absolute atomic E-state index is 0.0392. The van der Waals surface area contributed by atoms with Gasteiger partial charge in [-0.15, -0.1) is 5.10 Å². The maximum Gasteiger partial charge on any atom is 0.317 e. The molecule has 1 saturated carbocycles. The fourth-order valence-electron chi connectivity index (χ4n) is 4.09. The molecule has 1 aromatic heterocycles. The van der Waals surface area contributed by atoms with Gasteiger partial charge in [-0.3, -0.25) is 10.1 Å². The van der Waals surface area contributed by atoms with Crippen LogP contribution in [0.25, 0.3) is 16.8 Å². The quantitative estimate of drug-likeness (QED) is 0.593. The second kappa shape index (κ2) is 8.41. The lowest BCUT2D eigenvalue weighted by Crippen LogP contribution is -2.22. The van der Waals surface area contributed by atoms with Crippen molar-refractivity contribution in [1.82, 2.24) is 9.78 Å². The number of anilines is 1. The average Bonchev–Trinajstić information content (AvgIpc) is 3.18. The average molecular weight is 403 g/mol. The van der Waals surface area contributed by atoms with Crippen LogP contribution >= 0.6 is 0 Å². The van der Waals surface area contributed by atoms with Gasteiger partial charge in [-0.2, -0.15) is 0 Å². The summed E-state index contributed by atoms with van der Waals surface area (Å²) >= 11 is 0. The maximum atomic E-state index is 11.6. The van der Waals surface area contributed by atoms with Gasteiger partial charge in [0, 0.05) is 6.20 Å². The second-order valence-electron chi connectivity index (χ2n) is 7.69. The predicted octanol–water partition coefficient (Wildman–Crippen LogP) is 4.18. The van der Waals surface area contributed by atoms with Crippen molar-refractivity contribution in [2.45, 2.75) is 38.0 Å². The van der Waals surface area contributed by atoms with Gasteiger partial charge in [-0.05, 0) is 47.6 Å². The number of hydrogen-bond donors (Lipinski definition) is 3. The summed E-state index contributed by atoms with van der Waals surface area (Å²) < 4.78 is 1.49. The molecule has 1 heterocycles. The van der Waals surface area contributed by atoms with Gasteiger partial charge in [-0.25, -0.2) is 9.48 Å². The molecule has 1 aliphatic rings. The Kier molecular flexibility index (Phi) is 5.52. The van der Waals surface area contributed by atoms with Gasteiger partial charge in [0.05, 0.1) is 5.69 Å². The molecule has 30 heavy (non-hydrogen) atoms. The Bertz CT molecular complexity index is 1050. The van der Waals surface area contributed by atoms with Gasteiger partial charge in [0.25, 0.3) is 5.91 Å². The standard InChI is InChI=1S/C23H25N5O2/c24-21(29)20-14-28(27-22(20)26-23(25)30)19-12-10-18(11-13-19)17-8-6-16(7-9-17)15-4-2-1-3-5-15/h6-15H,1-5H2,(H2,24,29)(H3,25,26,27,30). The lowest BCUT2D eigenvalue weighted by molar-refractivity contribution is 0.100. The molecule has 7 heteroatoms. The highest BCUT2D eigenvalue weighted by molar-refractivity contribution is 6.01. The van der Waals surface area contributed by atoms with Crippen LogP contribution < -0.4 is 16.8 Å². The van der Waals surface area contributed by atoms with Crippen molar-refractivity contribution in [3.63, 3.8) is 0 Å². The Balaban J connectivity index is 1.54. The minimum Gasteiger partial charge on any atom is -0.365 e. The Labute approximate surface area is 175 Å². The van der Waals surface area contributed by atoms with Gasteiger partial charge in [0.15, 0.2) is 5.82 Å². The summed E-state index contributed by atoms with van der Waals surface area (Å²) in [6.07, 6.45) is 8.07. The Morgan fingerprint density at radius 2 is 1.50 bits per heavy atom. The highest BCUT2D eigenvalue weighted by Crippen LogP contribution is 2.33. The molecule has 0 spiro atoms. The molecule has 0 aliphatic heterocycles. The third-order valence-corrected chi connectivity index (χ3v) is 5.67. The van der Waals surface area contributed by atoms with E-state index in [0.29, 0.717) is 5.92 Å². The predicted molar refractivity (Wildman–Crippen MR) is 117 cm³/mol. The third kappa shape index (κ3) is 4.20. The van der Waals surface area contributed by atoms with Crippen LogP contribution in [-0.4, -0.2) is 21.7 Å². The summed E-state index contributed by atoms with van der Waals surface area (Å²) in [6, 6.07) is 15.8. The molecule has 3 amide bonds. The monoisotopic (exact) mass is 403 g/mol. The number of carbonyl (C=O) groups excluding carboxylic acids is 2. The molecule has 3 aromatic rings. The Morgan fingerprint density at radius 1 is 0.900 bits per heavy atom. The highest BCUT2D eigenvalue weighted by atomic mass is 16.2. The van der Waals surface area contributed by atoms with E-state index in [-0.39, 0.29) is 11.4 Å². The summed E-state index contributed by atoms with van der Waals surface area (Å²) in [5.74, 6) is 0.0368.